The molecule has 8 heteroatoms. The van der Waals surface area contributed by atoms with Crippen LogP contribution in [0.5, 0.6) is 0 Å². The number of anilines is 1. The molecule has 148 valence electrons. The normalized spacial score (nSPS) is 14.0. The van der Waals surface area contributed by atoms with Gasteiger partial charge in [0.1, 0.15) is 6.26 Å². The minimum Gasteiger partial charge on any atom is -0.444 e. The Morgan fingerprint density at radius 2 is 1.93 bits per heavy atom. The van der Waals surface area contributed by atoms with Crippen LogP contribution in [0.2, 0.25) is 0 Å². The van der Waals surface area contributed by atoms with E-state index >= 15 is 0 Å². The van der Waals surface area contributed by atoms with E-state index in [0.29, 0.717) is 11.6 Å². The lowest BCUT2D eigenvalue weighted by Gasteiger charge is -2.18. The molecule has 29 heavy (non-hydrogen) atoms. The predicted molar refractivity (Wildman–Crippen MR) is 117 cm³/mol. The van der Waals surface area contributed by atoms with Crippen molar-refractivity contribution in [2.45, 2.75) is 30.7 Å². The second-order valence-electron chi connectivity index (χ2n) is 7.06. The molecule has 0 radical (unpaired) electrons. The maximum Gasteiger partial charge on any atom is 0.236 e. The van der Waals surface area contributed by atoms with Crippen LogP contribution in [0.15, 0.2) is 57.6 Å². The summed E-state index contributed by atoms with van der Waals surface area (Å²) in [5, 5.41) is 11.9. The van der Waals surface area contributed by atoms with E-state index in [1.807, 2.05) is 17.5 Å². The van der Waals surface area contributed by atoms with Crippen molar-refractivity contribution in [1.82, 2.24) is 19.7 Å². The number of oxazole rings is 1. The van der Waals surface area contributed by atoms with E-state index in [0.717, 1.165) is 40.5 Å². The summed E-state index contributed by atoms with van der Waals surface area (Å²) in [6, 6.07) is 12.5. The van der Waals surface area contributed by atoms with Crippen LogP contribution in [-0.4, -0.2) is 32.8 Å². The van der Waals surface area contributed by atoms with Gasteiger partial charge in [-0.3, -0.25) is 4.57 Å². The predicted octanol–water partition coefficient (Wildman–Crippen LogP) is 5.18. The molecular weight excluding hydrogens is 402 g/mol. The monoisotopic (exact) mass is 423 g/mol. The second kappa shape index (κ2) is 8.04. The third kappa shape index (κ3) is 3.82. The van der Waals surface area contributed by atoms with Crippen LogP contribution >= 0.6 is 23.1 Å². The molecule has 6 nitrogen and oxygen atoms in total. The van der Waals surface area contributed by atoms with Crippen LogP contribution < -0.4 is 4.90 Å². The largest absolute Gasteiger partial charge is 0.444 e. The van der Waals surface area contributed by atoms with E-state index in [1.165, 1.54) is 18.4 Å². The number of hydrogen-bond donors (Lipinski definition) is 0. The minimum atomic E-state index is 0.674. The van der Waals surface area contributed by atoms with E-state index in [4.69, 9.17) is 4.42 Å². The zero-order valence-electron chi connectivity index (χ0n) is 16.1. The van der Waals surface area contributed by atoms with Gasteiger partial charge < -0.3 is 9.32 Å². The molecule has 0 spiro atoms. The molecule has 4 heterocycles. The third-order valence-electron chi connectivity index (χ3n) is 4.93. The van der Waals surface area contributed by atoms with Crippen molar-refractivity contribution in [3.8, 4) is 16.5 Å². The molecule has 0 amide bonds. The summed E-state index contributed by atoms with van der Waals surface area (Å²) < 4.78 is 7.81. The third-order valence-corrected chi connectivity index (χ3v) is 6.75. The van der Waals surface area contributed by atoms with Gasteiger partial charge in [0.25, 0.3) is 0 Å². The van der Waals surface area contributed by atoms with Crippen molar-refractivity contribution in [1.29, 1.82) is 0 Å². The molecular formula is C21H21N5OS2. The quantitative estimate of drug-likeness (QED) is 0.398. The number of benzene rings is 1. The maximum atomic E-state index is 5.65. The lowest BCUT2D eigenvalue weighted by molar-refractivity contribution is 0.575. The number of rotatable bonds is 6. The molecule has 1 aliphatic rings. The van der Waals surface area contributed by atoms with Gasteiger partial charge in [-0.1, -0.05) is 35.5 Å². The first-order valence-corrected chi connectivity index (χ1v) is 11.5. The fourth-order valence-corrected chi connectivity index (χ4v) is 4.90. The highest BCUT2D eigenvalue weighted by Gasteiger charge is 2.22. The fraction of sp³-hybridized carbons (Fsp3) is 0.286. The first-order valence-electron chi connectivity index (χ1n) is 9.66. The van der Waals surface area contributed by atoms with Gasteiger partial charge in [-0.05, 0) is 43.3 Å². The topological polar surface area (TPSA) is 60.0 Å². The van der Waals surface area contributed by atoms with E-state index in [2.05, 4.69) is 55.8 Å². The Labute approximate surface area is 177 Å². The van der Waals surface area contributed by atoms with Crippen molar-refractivity contribution in [3.63, 3.8) is 0 Å². The van der Waals surface area contributed by atoms with Gasteiger partial charge in [0.15, 0.2) is 5.16 Å². The summed E-state index contributed by atoms with van der Waals surface area (Å²) in [5.41, 5.74) is 3.23. The number of aryl methyl sites for hydroxylation is 1. The number of thiophene rings is 1. The first kappa shape index (κ1) is 18.4. The van der Waals surface area contributed by atoms with E-state index in [9.17, 15) is 0 Å². The first-order chi connectivity index (χ1) is 14.3. The van der Waals surface area contributed by atoms with Crippen molar-refractivity contribution in [2.75, 3.05) is 18.0 Å². The molecule has 0 bridgehead atoms. The molecule has 0 aliphatic carbocycles. The van der Waals surface area contributed by atoms with Crippen LogP contribution in [0.4, 0.5) is 5.95 Å². The summed E-state index contributed by atoms with van der Waals surface area (Å²) >= 11 is 3.26. The highest BCUT2D eigenvalue weighted by atomic mass is 32.2. The van der Waals surface area contributed by atoms with Gasteiger partial charge >= 0.3 is 0 Å². The lowest BCUT2D eigenvalue weighted by atomic mass is 10.2. The second-order valence-corrected chi connectivity index (χ2v) is 8.95. The Hall–Kier alpha value is -2.58. The molecule has 0 atom stereocenters. The number of aromatic nitrogens is 4. The van der Waals surface area contributed by atoms with Crippen LogP contribution in [0, 0.1) is 6.92 Å². The molecule has 5 rings (SSSR count). The Morgan fingerprint density at radius 3 is 2.69 bits per heavy atom. The zero-order valence-corrected chi connectivity index (χ0v) is 17.7. The van der Waals surface area contributed by atoms with Crippen LogP contribution in [0.1, 0.15) is 24.1 Å². The molecule has 0 N–H and O–H groups in total. The fourth-order valence-electron chi connectivity index (χ4n) is 3.42. The number of thioether (sulfide) groups is 1. The molecule has 1 aromatic carbocycles. The molecule has 1 aliphatic heterocycles. The number of nitrogens with zero attached hydrogens (tertiary/aromatic N) is 5. The van der Waals surface area contributed by atoms with Crippen molar-refractivity contribution < 1.29 is 4.42 Å². The van der Waals surface area contributed by atoms with E-state index in [1.54, 1.807) is 29.4 Å². The summed E-state index contributed by atoms with van der Waals surface area (Å²) in [7, 11) is 0. The van der Waals surface area contributed by atoms with Crippen molar-refractivity contribution >= 4 is 29.0 Å². The Kier molecular flexibility index (Phi) is 5.12. The van der Waals surface area contributed by atoms with Crippen LogP contribution in [0.25, 0.3) is 16.5 Å². The lowest BCUT2D eigenvalue weighted by Crippen LogP contribution is -2.22. The smallest absolute Gasteiger partial charge is 0.236 e. The van der Waals surface area contributed by atoms with Gasteiger partial charge in [0.2, 0.25) is 11.8 Å². The van der Waals surface area contributed by atoms with Gasteiger partial charge in [-0.2, -0.15) is 0 Å². The number of hydrogen-bond acceptors (Lipinski definition) is 7. The van der Waals surface area contributed by atoms with Crippen LogP contribution in [-0.2, 0) is 5.75 Å². The molecule has 0 unspecified atom stereocenters. The summed E-state index contributed by atoms with van der Waals surface area (Å²) in [6.45, 7) is 4.16. The Balaban J connectivity index is 1.41. The SMILES string of the molecule is Cc1ccc(-n2c(SCc3coc(-c4cccs4)n3)nnc2N2CCCC2)cc1. The zero-order chi connectivity index (χ0) is 19.6. The van der Waals surface area contributed by atoms with Crippen LogP contribution in [0.3, 0.4) is 0 Å². The summed E-state index contributed by atoms with van der Waals surface area (Å²) in [6.07, 6.45) is 4.14. The molecule has 1 fully saturated rings. The van der Waals surface area contributed by atoms with Gasteiger partial charge in [-0.25, -0.2) is 4.98 Å². The van der Waals surface area contributed by atoms with Gasteiger partial charge in [0.05, 0.1) is 16.3 Å². The van der Waals surface area contributed by atoms with E-state index < -0.39 is 0 Å². The summed E-state index contributed by atoms with van der Waals surface area (Å²) in [4.78, 5) is 7.98. The molecule has 3 aromatic heterocycles. The molecule has 4 aromatic rings. The van der Waals surface area contributed by atoms with E-state index in [-0.39, 0.29) is 0 Å². The Bertz CT molecular complexity index is 1080. The van der Waals surface area contributed by atoms with Gasteiger partial charge in [-0.15, -0.1) is 21.5 Å². The van der Waals surface area contributed by atoms with Crippen molar-refractivity contribution in [2.24, 2.45) is 0 Å². The standard InChI is InChI=1S/C21H21N5OS2/c1-15-6-8-17(9-7-15)26-20(25-10-2-3-11-25)23-24-21(26)29-14-16-13-27-19(22-16)18-5-4-12-28-18/h4-9,12-13H,2-3,10-11,14H2,1H3. The Morgan fingerprint density at radius 1 is 1.10 bits per heavy atom. The molecule has 1 saturated heterocycles. The minimum absolute atomic E-state index is 0.674. The van der Waals surface area contributed by atoms with Gasteiger partial charge in [0, 0.05) is 18.8 Å². The average Bonchev–Trinajstić information content (AvgIpc) is 3.54. The average molecular weight is 424 g/mol. The highest BCUT2D eigenvalue weighted by Crippen LogP contribution is 2.31. The van der Waals surface area contributed by atoms with Crippen molar-refractivity contribution in [3.05, 3.63) is 59.3 Å². The molecule has 0 saturated carbocycles. The highest BCUT2D eigenvalue weighted by molar-refractivity contribution is 7.98. The maximum absolute atomic E-state index is 5.65. The summed E-state index contributed by atoms with van der Waals surface area (Å²) in [5.74, 6) is 2.28.